The molecule has 2 heterocycles. The lowest BCUT2D eigenvalue weighted by Gasteiger charge is -2.24. The van der Waals surface area contributed by atoms with Crippen LogP contribution in [0.1, 0.15) is 24.5 Å². The summed E-state index contributed by atoms with van der Waals surface area (Å²) in [5.74, 6) is 1.00. The molecule has 0 saturated carbocycles. The largest absolute Gasteiger partial charge is 0.492 e. The van der Waals surface area contributed by atoms with E-state index in [4.69, 9.17) is 21.1 Å². The summed E-state index contributed by atoms with van der Waals surface area (Å²) in [5, 5.41) is 4.26. The highest BCUT2D eigenvalue weighted by atomic mass is 35.5. The summed E-state index contributed by atoms with van der Waals surface area (Å²) in [6.07, 6.45) is 4.13. The van der Waals surface area contributed by atoms with E-state index in [2.05, 4.69) is 18.3 Å². The number of halogens is 1. The topological polar surface area (TPSA) is 30.5 Å². The van der Waals surface area contributed by atoms with Gasteiger partial charge in [0.05, 0.1) is 19.8 Å². The minimum atomic E-state index is 0.410. The Labute approximate surface area is 124 Å². The molecule has 2 aliphatic heterocycles. The lowest BCUT2D eigenvalue weighted by Crippen LogP contribution is -2.41. The van der Waals surface area contributed by atoms with Crippen molar-refractivity contribution < 1.29 is 9.47 Å². The molecule has 0 amide bonds. The van der Waals surface area contributed by atoms with E-state index in [0.29, 0.717) is 6.04 Å². The van der Waals surface area contributed by atoms with Gasteiger partial charge in [-0.25, -0.2) is 0 Å². The van der Waals surface area contributed by atoms with Gasteiger partial charge in [-0.1, -0.05) is 23.3 Å². The first-order valence-corrected chi connectivity index (χ1v) is 7.53. The summed E-state index contributed by atoms with van der Waals surface area (Å²) in [4.78, 5) is 0. The molecule has 20 heavy (non-hydrogen) atoms. The third kappa shape index (κ3) is 3.17. The van der Waals surface area contributed by atoms with E-state index in [1.807, 2.05) is 12.1 Å². The van der Waals surface area contributed by atoms with Crippen molar-refractivity contribution in [3.05, 3.63) is 33.9 Å². The minimum Gasteiger partial charge on any atom is -0.492 e. The van der Waals surface area contributed by atoms with E-state index >= 15 is 0 Å². The highest BCUT2D eigenvalue weighted by Gasteiger charge is 2.17. The van der Waals surface area contributed by atoms with Gasteiger partial charge in [0.25, 0.3) is 0 Å². The van der Waals surface area contributed by atoms with Crippen molar-refractivity contribution in [1.29, 1.82) is 0 Å². The standard InChI is InChI=1S/C16H20ClNO2/c1-11(7-15-10-19-5-3-18-15)6-13-9-14(17)8-12-2-4-20-16(12)13/h6,8-9,15,18H,2-5,7,10H2,1H3/b11-6-. The van der Waals surface area contributed by atoms with Crippen LogP contribution in [0, 0.1) is 0 Å². The Morgan fingerprint density at radius 2 is 2.35 bits per heavy atom. The van der Waals surface area contributed by atoms with Gasteiger partial charge in [-0.15, -0.1) is 0 Å². The van der Waals surface area contributed by atoms with Gasteiger partial charge in [-0.2, -0.15) is 0 Å². The maximum atomic E-state index is 6.19. The molecule has 1 atom stereocenters. The van der Waals surface area contributed by atoms with Crippen molar-refractivity contribution in [2.45, 2.75) is 25.8 Å². The predicted molar refractivity (Wildman–Crippen MR) is 81.5 cm³/mol. The van der Waals surface area contributed by atoms with Crippen molar-refractivity contribution >= 4 is 17.7 Å². The number of fused-ring (bicyclic) bond motifs is 1. The first-order chi connectivity index (χ1) is 9.72. The summed E-state index contributed by atoms with van der Waals surface area (Å²) in [6.45, 7) is 5.45. The smallest absolute Gasteiger partial charge is 0.129 e. The Morgan fingerprint density at radius 3 is 3.15 bits per heavy atom. The van der Waals surface area contributed by atoms with E-state index in [9.17, 15) is 0 Å². The average Bonchev–Trinajstić information content (AvgIpc) is 2.88. The number of ether oxygens (including phenoxy) is 2. The van der Waals surface area contributed by atoms with Gasteiger partial charge in [-0.05, 0) is 31.0 Å². The molecule has 3 nitrogen and oxygen atoms in total. The van der Waals surface area contributed by atoms with E-state index in [1.54, 1.807) is 0 Å². The molecule has 0 radical (unpaired) electrons. The molecule has 2 aliphatic rings. The minimum absolute atomic E-state index is 0.410. The predicted octanol–water partition coefficient (Wildman–Crippen LogP) is 3.06. The van der Waals surface area contributed by atoms with Crippen molar-refractivity contribution in [1.82, 2.24) is 5.32 Å². The van der Waals surface area contributed by atoms with Crippen LogP contribution in [0.15, 0.2) is 17.7 Å². The Bertz CT molecular complexity index is 521. The lowest BCUT2D eigenvalue weighted by molar-refractivity contribution is 0.0771. The molecule has 1 aromatic rings. The maximum Gasteiger partial charge on any atom is 0.129 e. The summed E-state index contributed by atoms with van der Waals surface area (Å²) in [5.41, 5.74) is 3.63. The molecule has 0 spiro atoms. The van der Waals surface area contributed by atoms with Crippen LogP contribution in [0.2, 0.25) is 5.02 Å². The molecular formula is C16H20ClNO2. The van der Waals surface area contributed by atoms with Crippen LogP contribution >= 0.6 is 11.6 Å². The van der Waals surface area contributed by atoms with E-state index in [1.165, 1.54) is 11.1 Å². The number of hydrogen-bond acceptors (Lipinski definition) is 3. The third-order valence-corrected chi connectivity index (χ3v) is 3.96. The third-order valence-electron chi connectivity index (χ3n) is 3.75. The van der Waals surface area contributed by atoms with Gasteiger partial charge in [0.15, 0.2) is 0 Å². The van der Waals surface area contributed by atoms with Crippen LogP contribution in [0.3, 0.4) is 0 Å². The number of nitrogens with one attached hydrogen (secondary N) is 1. The van der Waals surface area contributed by atoms with Crippen molar-refractivity contribution in [3.8, 4) is 5.75 Å². The monoisotopic (exact) mass is 293 g/mol. The first kappa shape index (κ1) is 13.9. The molecule has 0 bridgehead atoms. The zero-order valence-electron chi connectivity index (χ0n) is 11.7. The molecule has 1 unspecified atom stereocenters. The molecule has 0 aromatic heterocycles. The molecule has 1 fully saturated rings. The summed E-state index contributed by atoms with van der Waals surface area (Å²) in [7, 11) is 0. The molecule has 1 N–H and O–H groups in total. The van der Waals surface area contributed by atoms with Gasteiger partial charge in [0, 0.05) is 29.6 Å². The van der Waals surface area contributed by atoms with Crippen LogP contribution in [0.5, 0.6) is 5.75 Å². The zero-order chi connectivity index (χ0) is 13.9. The summed E-state index contributed by atoms with van der Waals surface area (Å²) >= 11 is 6.19. The van der Waals surface area contributed by atoms with Gasteiger partial charge in [-0.3, -0.25) is 0 Å². The normalized spacial score (nSPS) is 22.5. The summed E-state index contributed by atoms with van der Waals surface area (Å²) in [6, 6.07) is 4.40. The average molecular weight is 294 g/mol. The number of rotatable bonds is 3. The number of hydrogen-bond donors (Lipinski definition) is 1. The second-order valence-electron chi connectivity index (χ2n) is 5.50. The van der Waals surface area contributed by atoms with Crippen LogP contribution in [-0.2, 0) is 11.2 Å². The van der Waals surface area contributed by atoms with Crippen molar-refractivity contribution in [2.24, 2.45) is 0 Å². The van der Waals surface area contributed by atoms with Crippen LogP contribution in [-0.4, -0.2) is 32.4 Å². The Morgan fingerprint density at radius 1 is 1.45 bits per heavy atom. The molecular weight excluding hydrogens is 274 g/mol. The molecule has 0 aliphatic carbocycles. The Kier molecular flexibility index (Phi) is 4.29. The molecule has 3 rings (SSSR count). The molecule has 108 valence electrons. The van der Waals surface area contributed by atoms with Gasteiger partial charge < -0.3 is 14.8 Å². The second kappa shape index (κ2) is 6.17. The van der Waals surface area contributed by atoms with Crippen LogP contribution in [0.4, 0.5) is 0 Å². The van der Waals surface area contributed by atoms with Gasteiger partial charge in [0.2, 0.25) is 0 Å². The number of morpholine rings is 1. The molecule has 1 aromatic carbocycles. The van der Waals surface area contributed by atoms with E-state index in [0.717, 1.165) is 55.5 Å². The van der Waals surface area contributed by atoms with Crippen LogP contribution in [0.25, 0.3) is 6.08 Å². The highest BCUT2D eigenvalue weighted by Crippen LogP contribution is 2.34. The molecule has 4 heteroatoms. The Balaban J connectivity index is 1.77. The quantitative estimate of drug-likeness (QED) is 0.929. The lowest BCUT2D eigenvalue weighted by atomic mass is 10.0. The molecule has 1 saturated heterocycles. The fourth-order valence-corrected chi connectivity index (χ4v) is 3.12. The maximum absolute atomic E-state index is 6.19. The fourth-order valence-electron chi connectivity index (χ4n) is 2.87. The van der Waals surface area contributed by atoms with Gasteiger partial charge >= 0.3 is 0 Å². The Hall–Kier alpha value is -1.03. The number of benzene rings is 1. The van der Waals surface area contributed by atoms with Crippen molar-refractivity contribution in [2.75, 3.05) is 26.4 Å². The fraction of sp³-hybridized carbons (Fsp3) is 0.500. The first-order valence-electron chi connectivity index (χ1n) is 7.16. The van der Waals surface area contributed by atoms with Crippen LogP contribution < -0.4 is 10.1 Å². The van der Waals surface area contributed by atoms with E-state index < -0.39 is 0 Å². The SMILES string of the molecule is C/C(=C/c1cc(Cl)cc2c1OCC2)CC1COCCN1. The highest BCUT2D eigenvalue weighted by molar-refractivity contribution is 6.30. The van der Waals surface area contributed by atoms with E-state index in [-0.39, 0.29) is 0 Å². The van der Waals surface area contributed by atoms with Gasteiger partial charge in [0.1, 0.15) is 5.75 Å². The van der Waals surface area contributed by atoms with Crippen molar-refractivity contribution in [3.63, 3.8) is 0 Å². The second-order valence-corrected chi connectivity index (χ2v) is 5.94. The zero-order valence-corrected chi connectivity index (χ0v) is 12.5. The summed E-state index contributed by atoms with van der Waals surface area (Å²) < 4.78 is 11.2.